The SMILES string of the molecule is CCCC(C)n1nnnc1-c1cccc(C)c1N. The van der Waals surface area contributed by atoms with Gasteiger partial charge in [-0.1, -0.05) is 25.5 Å². The third-order valence-corrected chi connectivity index (χ3v) is 3.18. The second-order valence-corrected chi connectivity index (χ2v) is 4.62. The molecule has 0 saturated heterocycles. The highest BCUT2D eigenvalue weighted by atomic mass is 15.5. The van der Waals surface area contributed by atoms with Crippen molar-refractivity contribution in [2.75, 3.05) is 5.73 Å². The lowest BCUT2D eigenvalue weighted by Crippen LogP contribution is -2.09. The lowest BCUT2D eigenvalue weighted by atomic mass is 10.1. The second kappa shape index (κ2) is 5.16. The fourth-order valence-electron chi connectivity index (χ4n) is 2.08. The fourth-order valence-corrected chi connectivity index (χ4v) is 2.08. The van der Waals surface area contributed by atoms with Gasteiger partial charge in [0.05, 0.1) is 6.04 Å². The van der Waals surface area contributed by atoms with Crippen LogP contribution in [0.4, 0.5) is 5.69 Å². The number of aryl methyl sites for hydroxylation is 1. The van der Waals surface area contributed by atoms with Crippen LogP contribution in [0.3, 0.4) is 0 Å². The molecule has 5 heteroatoms. The molecule has 2 rings (SSSR count). The minimum absolute atomic E-state index is 0.278. The Bertz CT molecular complexity index is 532. The fraction of sp³-hybridized carbons (Fsp3) is 0.462. The van der Waals surface area contributed by atoms with E-state index in [4.69, 9.17) is 5.73 Å². The number of benzene rings is 1. The van der Waals surface area contributed by atoms with E-state index in [0.717, 1.165) is 35.5 Å². The summed E-state index contributed by atoms with van der Waals surface area (Å²) in [4.78, 5) is 0. The van der Waals surface area contributed by atoms with Crippen molar-refractivity contribution in [3.05, 3.63) is 23.8 Å². The predicted molar refractivity (Wildman–Crippen MR) is 72.0 cm³/mol. The van der Waals surface area contributed by atoms with Gasteiger partial charge in [0.1, 0.15) is 0 Å². The van der Waals surface area contributed by atoms with Crippen LogP contribution in [0.15, 0.2) is 18.2 Å². The largest absolute Gasteiger partial charge is 0.398 e. The van der Waals surface area contributed by atoms with Crippen LogP contribution in [0.25, 0.3) is 11.4 Å². The van der Waals surface area contributed by atoms with Crippen molar-refractivity contribution in [3.8, 4) is 11.4 Å². The number of hydrogen-bond acceptors (Lipinski definition) is 4. The van der Waals surface area contributed by atoms with Crippen LogP contribution in [-0.4, -0.2) is 20.2 Å². The van der Waals surface area contributed by atoms with E-state index < -0.39 is 0 Å². The van der Waals surface area contributed by atoms with Crippen molar-refractivity contribution < 1.29 is 0 Å². The number of rotatable bonds is 4. The molecule has 0 aliphatic carbocycles. The summed E-state index contributed by atoms with van der Waals surface area (Å²) < 4.78 is 1.86. The third kappa shape index (κ3) is 2.20. The molecule has 0 saturated carbocycles. The number of tetrazole rings is 1. The number of nitrogens with zero attached hydrogens (tertiary/aromatic N) is 4. The Hall–Kier alpha value is -1.91. The molecular weight excluding hydrogens is 226 g/mol. The van der Waals surface area contributed by atoms with Crippen molar-refractivity contribution in [2.24, 2.45) is 0 Å². The van der Waals surface area contributed by atoms with Gasteiger partial charge in [0.25, 0.3) is 0 Å². The Morgan fingerprint density at radius 1 is 1.39 bits per heavy atom. The minimum atomic E-state index is 0.278. The van der Waals surface area contributed by atoms with E-state index in [1.807, 2.05) is 29.8 Å². The normalized spacial score (nSPS) is 12.6. The van der Waals surface area contributed by atoms with Gasteiger partial charge in [-0.15, -0.1) is 5.10 Å². The molecule has 0 aliphatic heterocycles. The van der Waals surface area contributed by atoms with Gasteiger partial charge < -0.3 is 5.73 Å². The molecule has 0 spiro atoms. The van der Waals surface area contributed by atoms with Crippen molar-refractivity contribution >= 4 is 5.69 Å². The zero-order valence-electron chi connectivity index (χ0n) is 11.1. The Morgan fingerprint density at radius 2 is 2.17 bits per heavy atom. The zero-order chi connectivity index (χ0) is 13.1. The van der Waals surface area contributed by atoms with Crippen molar-refractivity contribution in [3.63, 3.8) is 0 Å². The summed E-state index contributed by atoms with van der Waals surface area (Å²) in [6.07, 6.45) is 2.15. The molecule has 1 aromatic carbocycles. The first-order valence-electron chi connectivity index (χ1n) is 6.28. The summed E-state index contributed by atoms with van der Waals surface area (Å²) in [5.74, 6) is 0.747. The number of para-hydroxylation sites is 1. The molecule has 0 fully saturated rings. The molecule has 0 aliphatic rings. The van der Waals surface area contributed by atoms with Gasteiger partial charge >= 0.3 is 0 Å². The topological polar surface area (TPSA) is 69.6 Å². The number of anilines is 1. The molecule has 0 radical (unpaired) electrons. The summed E-state index contributed by atoms with van der Waals surface area (Å²) in [5.41, 5.74) is 8.81. The van der Waals surface area contributed by atoms with E-state index in [1.165, 1.54) is 0 Å². The minimum Gasteiger partial charge on any atom is -0.398 e. The maximum absolute atomic E-state index is 6.11. The smallest absolute Gasteiger partial charge is 0.184 e. The molecule has 2 N–H and O–H groups in total. The van der Waals surface area contributed by atoms with E-state index >= 15 is 0 Å². The average molecular weight is 245 g/mol. The van der Waals surface area contributed by atoms with E-state index in [0.29, 0.717) is 0 Å². The lowest BCUT2D eigenvalue weighted by Gasteiger charge is -2.13. The average Bonchev–Trinajstić information content (AvgIpc) is 2.82. The highest BCUT2D eigenvalue weighted by Gasteiger charge is 2.16. The van der Waals surface area contributed by atoms with Crippen LogP contribution < -0.4 is 5.73 Å². The Kier molecular flexibility index (Phi) is 3.60. The predicted octanol–water partition coefficient (Wildman–Crippen LogP) is 2.59. The van der Waals surface area contributed by atoms with Crippen LogP contribution in [0.5, 0.6) is 0 Å². The number of hydrogen-bond donors (Lipinski definition) is 1. The molecule has 0 amide bonds. The van der Waals surface area contributed by atoms with Crippen LogP contribution >= 0.6 is 0 Å². The lowest BCUT2D eigenvalue weighted by molar-refractivity contribution is 0.447. The van der Waals surface area contributed by atoms with Gasteiger partial charge in [0, 0.05) is 11.3 Å². The van der Waals surface area contributed by atoms with Gasteiger partial charge in [-0.25, -0.2) is 4.68 Å². The van der Waals surface area contributed by atoms with Crippen molar-refractivity contribution in [1.29, 1.82) is 0 Å². The van der Waals surface area contributed by atoms with Crippen molar-refractivity contribution in [1.82, 2.24) is 20.2 Å². The first-order chi connectivity index (χ1) is 8.65. The van der Waals surface area contributed by atoms with Crippen LogP contribution in [-0.2, 0) is 0 Å². The Labute approximate surface area is 107 Å². The molecule has 1 aromatic heterocycles. The summed E-state index contributed by atoms with van der Waals surface area (Å²) in [7, 11) is 0. The molecule has 1 atom stereocenters. The van der Waals surface area contributed by atoms with Crippen LogP contribution in [0, 0.1) is 6.92 Å². The number of aromatic nitrogens is 4. The highest BCUT2D eigenvalue weighted by Crippen LogP contribution is 2.28. The molecule has 1 unspecified atom stereocenters. The molecule has 5 nitrogen and oxygen atoms in total. The van der Waals surface area contributed by atoms with Crippen LogP contribution in [0.1, 0.15) is 38.3 Å². The Morgan fingerprint density at radius 3 is 2.89 bits per heavy atom. The first kappa shape index (κ1) is 12.5. The van der Waals surface area contributed by atoms with Gasteiger partial charge in [-0.05, 0) is 42.3 Å². The summed E-state index contributed by atoms with van der Waals surface area (Å²) in [6, 6.07) is 6.20. The standard InChI is InChI=1S/C13H19N5/c1-4-6-10(3)18-13(15-16-17-18)11-8-5-7-9(2)12(11)14/h5,7-8,10H,4,6,14H2,1-3H3. The quantitative estimate of drug-likeness (QED) is 0.840. The van der Waals surface area contributed by atoms with E-state index in [1.54, 1.807) is 0 Å². The molecule has 96 valence electrons. The van der Waals surface area contributed by atoms with Gasteiger partial charge in [0.15, 0.2) is 5.82 Å². The van der Waals surface area contributed by atoms with Crippen LogP contribution in [0.2, 0.25) is 0 Å². The maximum Gasteiger partial charge on any atom is 0.184 e. The van der Waals surface area contributed by atoms with Gasteiger partial charge in [-0.3, -0.25) is 0 Å². The first-order valence-corrected chi connectivity index (χ1v) is 6.28. The van der Waals surface area contributed by atoms with Crippen molar-refractivity contribution in [2.45, 2.75) is 39.7 Å². The van der Waals surface area contributed by atoms with E-state index in [2.05, 4.69) is 29.4 Å². The second-order valence-electron chi connectivity index (χ2n) is 4.62. The number of nitrogens with two attached hydrogens (primary N) is 1. The highest BCUT2D eigenvalue weighted by molar-refractivity contribution is 5.73. The molecule has 2 aromatic rings. The van der Waals surface area contributed by atoms with E-state index in [-0.39, 0.29) is 6.04 Å². The van der Waals surface area contributed by atoms with E-state index in [9.17, 15) is 0 Å². The summed E-state index contributed by atoms with van der Waals surface area (Å²) in [5, 5.41) is 12.0. The van der Waals surface area contributed by atoms with Gasteiger partial charge in [0.2, 0.25) is 0 Å². The summed E-state index contributed by atoms with van der Waals surface area (Å²) >= 11 is 0. The zero-order valence-corrected chi connectivity index (χ0v) is 11.1. The molecule has 0 bridgehead atoms. The monoisotopic (exact) mass is 245 g/mol. The third-order valence-electron chi connectivity index (χ3n) is 3.18. The molecule has 1 heterocycles. The number of nitrogen functional groups attached to an aromatic ring is 1. The summed E-state index contributed by atoms with van der Waals surface area (Å²) in [6.45, 7) is 6.26. The van der Waals surface area contributed by atoms with Gasteiger partial charge in [-0.2, -0.15) is 0 Å². The Balaban J connectivity index is 2.45. The maximum atomic E-state index is 6.11. The molecular formula is C13H19N5. The molecule has 18 heavy (non-hydrogen) atoms.